The molecular weight excluding hydrogens is 466 g/mol. The monoisotopic (exact) mass is 483 g/mol. The van der Waals surface area contributed by atoms with Crippen molar-refractivity contribution in [1.29, 1.82) is 0 Å². The van der Waals surface area contributed by atoms with Gasteiger partial charge in [-0.1, -0.05) is 11.3 Å². The molecule has 3 aromatic rings. The molecular formula is C18H18BrN3O2S3. The van der Waals surface area contributed by atoms with Crippen molar-refractivity contribution < 1.29 is 8.42 Å². The molecule has 2 aromatic heterocycles. The summed E-state index contributed by atoms with van der Waals surface area (Å²) in [5.74, 6) is 1.66. The van der Waals surface area contributed by atoms with E-state index in [1.807, 2.05) is 17.5 Å². The predicted octanol–water partition coefficient (Wildman–Crippen LogP) is 4.45. The molecule has 142 valence electrons. The highest BCUT2D eigenvalue weighted by Crippen LogP contribution is 2.43. The molecule has 1 aromatic carbocycles. The molecule has 1 aliphatic heterocycles. The lowest BCUT2D eigenvalue weighted by atomic mass is 9.77. The maximum absolute atomic E-state index is 12.7. The number of sulfonamides is 1. The number of aromatic nitrogens is 1. The van der Waals surface area contributed by atoms with Crippen molar-refractivity contribution in [2.45, 2.75) is 24.3 Å². The Morgan fingerprint density at radius 1 is 1.22 bits per heavy atom. The number of thiazole rings is 1. The lowest BCUT2D eigenvalue weighted by Gasteiger charge is -2.27. The van der Waals surface area contributed by atoms with Gasteiger partial charge < -0.3 is 4.90 Å². The topological polar surface area (TPSA) is 62.3 Å². The minimum Gasteiger partial charge on any atom is -0.347 e. The third-order valence-electron chi connectivity index (χ3n) is 5.53. The van der Waals surface area contributed by atoms with Gasteiger partial charge >= 0.3 is 0 Å². The fourth-order valence-corrected chi connectivity index (χ4v) is 7.45. The van der Waals surface area contributed by atoms with E-state index in [4.69, 9.17) is 4.98 Å². The quantitative estimate of drug-likeness (QED) is 0.582. The number of thiophene rings is 1. The van der Waals surface area contributed by atoms with E-state index in [9.17, 15) is 8.42 Å². The van der Waals surface area contributed by atoms with Crippen LogP contribution in [0, 0.1) is 11.8 Å². The first-order valence-electron chi connectivity index (χ1n) is 8.87. The molecule has 1 aliphatic carbocycles. The summed E-state index contributed by atoms with van der Waals surface area (Å²) in [6, 6.07) is 7.12. The molecule has 2 aliphatic rings. The zero-order valence-electron chi connectivity index (χ0n) is 14.4. The highest BCUT2D eigenvalue weighted by Gasteiger charge is 2.40. The van der Waals surface area contributed by atoms with Gasteiger partial charge in [-0.15, -0.1) is 11.3 Å². The lowest BCUT2D eigenvalue weighted by Crippen LogP contribution is -2.22. The highest BCUT2D eigenvalue weighted by molar-refractivity contribution is 9.10. The molecule has 1 saturated heterocycles. The van der Waals surface area contributed by atoms with Crippen molar-refractivity contribution >= 4 is 64.0 Å². The van der Waals surface area contributed by atoms with E-state index >= 15 is 0 Å². The van der Waals surface area contributed by atoms with E-state index in [0.717, 1.165) is 49.6 Å². The Kier molecular flexibility index (Phi) is 4.55. The minimum atomic E-state index is -3.56. The van der Waals surface area contributed by atoms with Crippen LogP contribution in [-0.4, -0.2) is 26.5 Å². The van der Waals surface area contributed by atoms with Gasteiger partial charge in [-0.2, -0.15) is 0 Å². The Morgan fingerprint density at radius 3 is 2.67 bits per heavy atom. The van der Waals surface area contributed by atoms with Crippen LogP contribution in [0.25, 0.3) is 10.2 Å². The van der Waals surface area contributed by atoms with Crippen LogP contribution >= 0.6 is 38.6 Å². The van der Waals surface area contributed by atoms with Crippen LogP contribution in [0.5, 0.6) is 0 Å². The van der Waals surface area contributed by atoms with Gasteiger partial charge in [-0.25, -0.2) is 18.1 Å². The molecule has 0 spiro atoms. The summed E-state index contributed by atoms with van der Waals surface area (Å²) in [5, 5.41) is 2.95. The molecule has 0 unspecified atom stereocenters. The zero-order valence-corrected chi connectivity index (χ0v) is 18.4. The summed E-state index contributed by atoms with van der Waals surface area (Å²) in [6.07, 6.45) is 2.67. The summed E-state index contributed by atoms with van der Waals surface area (Å²) in [6.45, 7) is 2.46. The number of anilines is 1. The Morgan fingerprint density at radius 2 is 2.00 bits per heavy atom. The Balaban J connectivity index is 1.38. The molecule has 1 N–H and O–H groups in total. The summed E-state index contributed by atoms with van der Waals surface area (Å²) >= 11 is 6.55. The fraction of sp³-hybridized carbons (Fsp3) is 0.389. The lowest BCUT2D eigenvalue weighted by molar-refractivity contribution is 0.243. The second-order valence-electron chi connectivity index (χ2n) is 7.14. The van der Waals surface area contributed by atoms with E-state index < -0.39 is 10.0 Å². The maximum Gasteiger partial charge on any atom is 0.240 e. The van der Waals surface area contributed by atoms with E-state index in [0.29, 0.717) is 4.90 Å². The molecule has 0 radical (unpaired) electrons. The molecule has 0 bridgehead atoms. The fourth-order valence-electron chi connectivity index (χ4n) is 3.81. The van der Waals surface area contributed by atoms with Crippen molar-refractivity contribution in [3.63, 3.8) is 0 Å². The summed E-state index contributed by atoms with van der Waals surface area (Å²) < 4.78 is 29.9. The van der Waals surface area contributed by atoms with Crippen molar-refractivity contribution in [2.24, 2.45) is 11.8 Å². The van der Waals surface area contributed by atoms with Gasteiger partial charge in [-0.3, -0.25) is 0 Å². The average molecular weight is 484 g/mol. The van der Waals surface area contributed by atoms with Gasteiger partial charge in [-0.05, 0) is 70.3 Å². The van der Waals surface area contributed by atoms with E-state index in [-0.39, 0.29) is 6.54 Å². The Hall–Kier alpha value is -1.00. The van der Waals surface area contributed by atoms with Crippen LogP contribution in [0.2, 0.25) is 0 Å². The second kappa shape index (κ2) is 6.81. The van der Waals surface area contributed by atoms with Crippen molar-refractivity contribution in [1.82, 2.24) is 9.71 Å². The number of benzene rings is 1. The molecule has 3 heterocycles. The SMILES string of the molecule is O=S(=O)(NCc1sccc1Br)c1ccc2nc(N3C[C@H]4CC[C@H]4C3)sc2c1. The van der Waals surface area contributed by atoms with Crippen molar-refractivity contribution in [2.75, 3.05) is 18.0 Å². The molecule has 1 saturated carbocycles. The number of hydrogen-bond acceptors (Lipinski definition) is 6. The van der Waals surface area contributed by atoms with Crippen LogP contribution in [0.4, 0.5) is 5.13 Å². The summed E-state index contributed by atoms with van der Waals surface area (Å²) in [4.78, 5) is 8.36. The summed E-state index contributed by atoms with van der Waals surface area (Å²) in [5.41, 5.74) is 0.870. The van der Waals surface area contributed by atoms with Gasteiger partial charge in [0.05, 0.1) is 15.1 Å². The highest BCUT2D eigenvalue weighted by atomic mass is 79.9. The molecule has 2 atom stereocenters. The van der Waals surface area contributed by atoms with E-state index in [1.54, 1.807) is 23.5 Å². The van der Waals surface area contributed by atoms with Crippen LogP contribution in [0.3, 0.4) is 0 Å². The maximum atomic E-state index is 12.7. The van der Waals surface area contributed by atoms with Crippen LogP contribution in [0.1, 0.15) is 17.7 Å². The number of halogens is 1. The van der Waals surface area contributed by atoms with Crippen LogP contribution in [-0.2, 0) is 16.6 Å². The minimum absolute atomic E-state index is 0.281. The predicted molar refractivity (Wildman–Crippen MR) is 114 cm³/mol. The summed E-state index contributed by atoms with van der Waals surface area (Å²) in [7, 11) is -3.56. The number of rotatable bonds is 5. The van der Waals surface area contributed by atoms with E-state index in [1.165, 1.54) is 24.2 Å². The number of nitrogens with one attached hydrogen (secondary N) is 1. The number of fused-ring (bicyclic) bond motifs is 2. The van der Waals surface area contributed by atoms with Gasteiger partial charge in [0.1, 0.15) is 0 Å². The normalized spacial score (nSPS) is 22.2. The first kappa shape index (κ1) is 18.1. The second-order valence-corrected chi connectivity index (χ2v) is 11.8. The van der Waals surface area contributed by atoms with Gasteiger partial charge in [0.15, 0.2) is 5.13 Å². The third-order valence-corrected chi connectivity index (χ3v) is 9.93. The first-order chi connectivity index (χ1) is 13.0. The largest absolute Gasteiger partial charge is 0.347 e. The molecule has 0 amide bonds. The van der Waals surface area contributed by atoms with E-state index in [2.05, 4.69) is 25.6 Å². The number of nitrogens with zero attached hydrogens (tertiary/aromatic N) is 2. The smallest absolute Gasteiger partial charge is 0.240 e. The standard InChI is InChI=1S/C18H18BrN3O2S3/c19-14-5-6-25-17(14)8-20-27(23,24)13-3-4-15-16(7-13)26-18(21-15)22-9-11-1-2-12(11)10-22/h3-7,11-12,20H,1-2,8-10H2/t11-,12+. The molecule has 27 heavy (non-hydrogen) atoms. The Labute approximate surface area is 174 Å². The van der Waals surface area contributed by atoms with Crippen LogP contribution < -0.4 is 9.62 Å². The molecule has 9 heteroatoms. The van der Waals surface area contributed by atoms with Crippen molar-refractivity contribution in [3.05, 3.63) is 39.0 Å². The van der Waals surface area contributed by atoms with Gasteiger partial charge in [0.2, 0.25) is 10.0 Å². The van der Waals surface area contributed by atoms with Gasteiger partial charge in [0.25, 0.3) is 0 Å². The molecule has 2 fully saturated rings. The Bertz CT molecular complexity index is 1100. The van der Waals surface area contributed by atoms with Gasteiger partial charge in [0, 0.05) is 29.0 Å². The van der Waals surface area contributed by atoms with Crippen LogP contribution in [0.15, 0.2) is 39.0 Å². The molecule has 5 nitrogen and oxygen atoms in total. The number of hydrogen-bond donors (Lipinski definition) is 1. The average Bonchev–Trinajstić information content (AvgIpc) is 3.30. The van der Waals surface area contributed by atoms with Crippen molar-refractivity contribution in [3.8, 4) is 0 Å². The zero-order chi connectivity index (χ0) is 18.6. The molecule has 5 rings (SSSR count). The third kappa shape index (κ3) is 3.33. The first-order valence-corrected chi connectivity index (χ1v) is 12.8.